The van der Waals surface area contributed by atoms with Crippen LogP contribution in [0.25, 0.3) is 0 Å². The number of rotatable bonds is 7. The van der Waals surface area contributed by atoms with E-state index in [0.717, 1.165) is 11.4 Å². The Bertz CT molecular complexity index is 665. The van der Waals surface area contributed by atoms with Gasteiger partial charge in [-0.1, -0.05) is 12.1 Å². The lowest BCUT2D eigenvalue weighted by molar-refractivity contribution is 0.0772. The fraction of sp³-hybridized carbons (Fsp3) is 0.368. The summed E-state index contributed by atoms with van der Waals surface area (Å²) in [4.78, 5) is 18.4. The molecule has 0 aliphatic rings. The second kappa shape index (κ2) is 8.34. The van der Waals surface area contributed by atoms with E-state index in [-0.39, 0.29) is 12.0 Å². The molecule has 1 heterocycles. The number of anilines is 2. The van der Waals surface area contributed by atoms with Gasteiger partial charge in [-0.2, -0.15) is 0 Å². The van der Waals surface area contributed by atoms with Crippen molar-refractivity contribution in [3.05, 3.63) is 48.2 Å². The molecular formula is C19H25N3O2. The molecule has 2 rings (SSSR count). The average Bonchev–Trinajstić information content (AvgIpc) is 2.58. The van der Waals surface area contributed by atoms with Crippen LogP contribution in [0.4, 0.5) is 11.5 Å². The largest absolute Gasteiger partial charge is 0.489 e. The summed E-state index contributed by atoms with van der Waals surface area (Å²) in [6, 6.07) is 11.3. The van der Waals surface area contributed by atoms with Crippen LogP contribution in [0.15, 0.2) is 42.6 Å². The molecule has 0 radical (unpaired) electrons. The van der Waals surface area contributed by atoms with E-state index in [9.17, 15) is 4.79 Å². The van der Waals surface area contributed by atoms with Crippen molar-refractivity contribution in [3.63, 3.8) is 0 Å². The molecule has 0 unspecified atom stereocenters. The lowest BCUT2D eigenvalue weighted by Crippen LogP contribution is -2.30. The summed E-state index contributed by atoms with van der Waals surface area (Å²) in [7, 11) is 0. The maximum atomic E-state index is 12.3. The van der Waals surface area contributed by atoms with Crippen molar-refractivity contribution in [2.75, 3.05) is 18.4 Å². The van der Waals surface area contributed by atoms with E-state index in [0.29, 0.717) is 24.5 Å². The first-order valence-corrected chi connectivity index (χ1v) is 8.33. The van der Waals surface area contributed by atoms with Gasteiger partial charge in [0.15, 0.2) is 0 Å². The highest BCUT2D eigenvalue weighted by molar-refractivity contribution is 5.94. The van der Waals surface area contributed by atoms with Crippen molar-refractivity contribution in [2.24, 2.45) is 0 Å². The van der Waals surface area contributed by atoms with Gasteiger partial charge in [0.05, 0.1) is 17.4 Å². The molecule has 0 atom stereocenters. The van der Waals surface area contributed by atoms with Gasteiger partial charge in [0.2, 0.25) is 0 Å². The molecule has 0 saturated heterocycles. The normalized spacial score (nSPS) is 10.5. The van der Waals surface area contributed by atoms with Crippen LogP contribution < -0.4 is 10.1 Å². The van der Waals surface area contributed by atoms with Gasteiger partial charge in [-0.15, -0.1) is 0 Å². The van der Waals surface area contributed by atoms with Crippen LogP contribution in [0.3, 0.4) is 0 Å². The van der Waals surface area contributed by atoms with Crippen LogP contribution in [0, 0.1) is 0 Å². The van der Waals surface area contributed by atoms with E-state index in [4.69, 9.17) is 4.74 Å². The Hall–Kier alpha value is -2.56. The maximum absolute atomic E-state index is 12.3. The topological polar surface area (TPSA) is 54.5 Å². The van der Waals surface area contributed by atoms with E-state index in [2.05, 4.69) is 10.3 Å². The second-order valence-electron chi connectivity index (χ2n) is 5.70. The summed E-state index contributed by atoms with van der Waals surface area (Å²) in [5.74, 6) is 1.45. The SMILES string of the molecule is CCN(CC)C(=O)c1ccc(Nc2ccccc2OC(C)C)nc1. The Morgan fingerprint density at radius 3 is 2.46 bits per heavy atom. The average molecular weight is 327 g/mol. The zero-order valence-corrected chi connectivity index (χ0v) is 14.7. The van der Waals surface area contributed by atoms with Gasteiger partial charge in [0.25, 0.3) is 5.91 Å². The van der Waals surface area contributed by atoms with Crippen LogP contribution >= 0.6 is 0 Å². The minimum absolute atomic E-state index is 0.00240. The number of nitrogens with one attached hydrogen (secondary N) is 1. The van der Waals surface area contributed by atoms with Crippen molar-refractivity contribution in [2.45, 2.75) is 33.8 Å². The predicted molar refractivity (Wildman–Crippen MR) is 97.0 cm³/mol. The van der Waals surface area contributed by atoms with E-state index >= 15 is 0 Å². The van der Waals surface area contributed by atoms with Crippen molar-refractivity contribution in [1.82, 2.24) is 9.88 Å². The summed E-state index contributed by atoms with van der Waals surface area (Å²) in [6.07, 6.45) is 1.70. The standard InChI is InChI=1S/C19H25N3O2/c1-5-22(6-2)19(23)15-11-12-18(20-13-15)21-16-9-7-8-10-17(16)24-14(3)4/h7-14H,5-6H2,1-4H3,(H,20,21). The first-order valence-electron chi connectivity index (χ1n) is 8.33. The van der Waals surface area contributed by atoms with Crippen molar-refractivity contribution in [1.29, 1.82) is 0 Å². The Kier molecular flexibility index (Phi) is 6.18. The van der Waals surface area contributed by atoms with Crippen molar-refractivity contribution < 1.29 is 9.53 Å². The van der Waals surface area contributed by atoms with E-state index < -0.39 is 0 Å². The lowest BCUT2D eigenvalue weighted by atomic mass is 10.2. The van der Waals surface area contributed by atoms with Gasteiger partial charge in [0, 0.05) is 19.3 Å². The highest BCUT2D eigenvalue weighted by Gasteiger charge is 2.13. The quantitative estimate of drug-likeness (QED) is 0.832. The number of hydrogen-bond acceptors (Lipinski definition) is 4. The minimum Gasteiger partial charge on any atom is -0.489 e. The molecule has 0 aliphatic carbocycles. The zero-order valence-electron chi connectivity index (χ0n) is 14.7. The predicted octanol–water partition coefficient (Wildman–Crippen LogP) is 4.09. The van der Waals surface area contributed by atoms with Gasteiger partial charge >= 0.3 is 0 Å². The molecular weight excluding hydrogens is 302 g/mol. The van der Waals surface area contributed by atoms with Crippen LogP contribution in [0.5, 0.6) is 5.75 Å². The molecule has 0 aliphatic heterocycles. The molecule has 5 nitrogen and oxygen atoms in total. The van der Waals surface area contributed by atoms with Gasteiger partial charge in [-0.3, -0.25) is 4.79 Å². The van der Waals surface area contributed by atoms with Crippen LogP contribution in [-0.4, -0.2) is 35.0 Å². The molecule has 1 aromatic carbocycles. The molecule has 2 aromatic rings. The molecule has 1 N–H and O–H groups in total. The zero-order chi connectivity index (χ0) is 17.5. The van der Waals surface area contributed by atoms with Gasteiger partial charge in [0.1, 0.15) is 11.6 Å². The number of ether oxygens (including phenoxy) is 1. The Labute approximate surface area is 143 Å². The fourth-order valence-corrected chi connectivity index (χ4v) is 2.35. The van der Waals surface area contributed by atoms with E-state index in [1.807, 2.05) is 58.0 Å². The van der Waals surface area contributed by atoms with Crippen LogP contribution in [0.1, 0.15) is 38.1 Å². The first-order chi connectivity index (χ1) is 11.5. The Morgan fingerprint density at radius 2 is 1.88 bits per heavy atom. The highest BCUT2D eigenvalue weighted by Crippen LogP contribution is 2.27. The highest BCUT2D eigenvalue weighted by atomic mass is 16.5. The number of carbonyl (C=O) groups is 1. The molecule has 0 bridgehead atoms. The van der Waals surface area contributed by atoms with Crippen molar-refractivity contribution in [3.8, 4) is 5.75 Å². The summed E-state index contributed by atoms with van der Waals surface area (Å²) in [6.45, 7) is 9.29. The summed E-state index contributed by atoms with van der Waals surface area (Å²) < 4.78 is 5.79. The molecule has 1 aromatic heterocycles. The first kappa shape index (κ1) is 17.8. The third-order valence-corrected chi connectivity index (χ3v) is 3.57. The number of para-hydroxylation sites is 2. The number of nitrogens with zero attached hydrogens (tertiary/aromatic N) is 2. The third kappa shape index (κ3) is 4.47. The van der Waals surface area contributed by atoms with Gasteiger partial charge in [-0.25, -0.2) is 4.98 Å². The molecule has 128 valence electrons. The van der Waals surface area contributed by atoms with Gasteiger partial charge in [-0.05, 0) is 52.0 Å². The van der Waals surface area contributed by atoms with E-state index in [1.54, 1.807) is 17.2 Å². The molecule has 0 fully saturated rings. The molecule has 5 heteroatoms. The summed E-state index contributed by atoms with van der Waals surface area (Å²) in [5, 5.41) is 3.24. The summed E-state index contributed by atoms with van der Waals surface area (Å²) in [5.41, 5.74) is 1.44. The van der Waals surface area contributed by atoms with Crippen LogP contribution in [0.2, 0.25) is 0 Å². The Morgan fingerprint density at radius 1 is 1.17 bits per heavy atom. The summed E-state index contributed by atoms with van der Waals surface area (Å²) >= 11 is 0. The number of carbonyl (C=O) groups excluding carboxylic acids is 1. The van der Waals surface area contributed by atoms with E-state index in [1.165, 1.54) is 0 Å². The number of benzene rings is 1. The second-order valence-corrected chi connectivity index (χ2v) is 5.70. The molecule has 1 amide bonds. The molecule has 0 spiro atoms. The maximum Gasteiger partial charge on any atom is 0.255 e. The molecule has 0 saturated carbocycles. The Balaban J connectivity index is 2.14. The number of amides is 1. The van der Waals surface area contributed by atoms with Gasteiger partial charge < -0.3 is 15.0 Å². The van der Waals surface area contributed by atoms with Crippen molar-refractivity contribution >= 4 is 17.4 Å². The monoisotopic (exact) mass is 327 g/mol. The fourth-order valence-electron chi connectivity index (χ4n) is 2.35. The minimum atomic E-state index is 0.00240. The lowest BCUT2D eigenvalue weighted by Gasteiger charge is -2.18. The number of hydrogen-bond donors (Lipinski definition) is 1. The molecule has 24 heavy (non-hydrogen) atoms. The number of aromatic nitrogens is 1. The number of pyridine rings is 1. The van der Waals surface area contributed by atoms with Crippen LogP contribution in [-0.2, 0) is 0 Å². The third-order valence-electron chi connectivity index (χ3n) is 3.57. The smallest absolute Gasteiger partial charge is 0.255 e.